The number of hydrogen-bond donors (Lipinski definition) is 0. The Morgan fingerprint density at radius 3 is 2.70 bits per heavy atom. The smallest absolute Gasteiger partial charge is 0.279 e. The number of fused-ring (bicyclic) bond motifs is 1. The number of nitrogens with zero attached hydrogens (tertiary/aromatic N) is 3. The summed E-state index contributed by atoms with van der Waals surface area (Å²) in [4.78, 5) is 27.4. The molecule has 1 amide bonds. The van der Waals surface area contributed by atoms with Crippen LogP contribution in [0.2, 0.25) is 0 Å². The molecule has 0 spiro atoms. The SMILES string of the molecule is Cc1nn(C)c(=O)c(C(=O)N2C[C@H](C)Cc3ccccc32)c1C. The average molecular weight is 311 g/mol. The third kappa shape index (κ3) is 2.56. The molecule has 1 aliphatic rings. The van der Waals surface area contributed by atoms with Gasteiger partial charge in [-0.3, -0.25) is 9.59 Å². The molecule has 23 heavy (non-hydrogen) atoms. The first-order valence-electron chi connectivity index (χ1n) is 7.84. The van der Waals surface area contributed by atoms with Gasteiger partial charge in [-0.15, -0.1) is 0 Å². The highest BCUT2D eigenvalue weighted by Gasteiger charge is 2.30. The van der Waals surface area contributed by atoms with Crippen LogP contribution in [-0.4, -0.2) is 22.2 Å². The minimum Gasteiger partial charge on any atom is -0.308 e. The quantitative estimate of drug-likeness (QED) is 0.811. The molecular formula is C18H21N3O2. The van der Waals surface area contributed by atoms with Gasteiger partial charge in [0.2, 0.25) is 0 Å². The van der Waals surface area contributed by atoms with Crippen molar-refractivity contribution in [1.82, 2.24) is 9.78 Å². The van der Waals surface area contributed by atoms with Crippen molar-refractivity contribution in [2.24, 2.45) is 13.0 Å². The Morgan fingerprint density at radius 2 is 1.96 bits per heavy atom. The first kappa shape index (κ1) is 15.5. The maximum absolute atomic E-state index is 13.1. The van der Waals surface area contributed by atoms with Gasteiger partial charge in [-0.1, -0.05) is 25.1 Å². The Balaban J connectivity index is 2.14. The maximum Gasteiger partial charge on any atom is 0.279 e. The number of amides is 1. The van der Waals surface area contributed by atoms with Gasteiger partial charge < -0.3 is 4.90 Å². The number of aryl methyl sites for hydroxylation is 2. The highest BCUT2D eigenvalue weighted by molar-refractivity contribution is 6.07. The summed E-state index contributed by atoms with van der Waals surface area (Å²) in [7, 11) is 1.58. The van der Waals surface area contributed by atoms with E-state index in [1.807, 2.05) is 31.2 Å². The van der Waals surface area contributed by atoms with Gasteiger partial charge in [0, 0.05) is 19.3 Å². The maximum atomic E-state index is 13.1. The molecule has 5 heteroatoms. The van der Waals surface area contributed by atoms with Crippen molar-refractivity contribution >= 4 is 11.6 Å². The Labute approximate surface area is 135 Å². The van der Waals surface area contributed by atoms with Crippen LogP contribution in [0.3, 0.4) is 0 Å². The highest BCUT2D eigenvalue weighted by atomic mass is 16.2. The molecule has 0 fully saturated rings. The van der Waals surface area contributed by atoms with E-state index in [1.54, 1.807) is 18.9 Å². The van der Waals surface area contributed by atoms with Gasteiger partial charge in [0.25, 0.3) is 11.5 Å². The molecular weight excluding hydrogens is 290 g/mol. The van der Waals surface area contributed by atoms with Gasteiger partial charge in [0.15, 0.2) is 0 Å². The molecule has 1 aromatic carbocycles. The summed E-state index contributed by atoms with van der Waals surface area (Å²) in [5.74, 6) is 0.133. The lowest BCUT2D eigenvalue weighted by molar-refractivity contribution is 0.0978. The van der Waals surface area contributed by atoms with E-state index in [-0.39, 0.29) is 17.0 Å². The van der Waals surface area contributed by atoms with Gasteiger partial charge in [-0.25, -0.2) is 4.68 Å². The Bertz CT molecular complexity index is 839. The third-order valence-corrected chi connectivity index (χ3v) is 4.53. The van der Waals surface area contributed by atoms with E-state index >= 15 is 0 Å². The largest absolute Gasteiger partial charge is 0.308 e. The summed E-state index contributed by atoms with van der Waals surface area (Å²) in [5.41, 5.74) is 3.31. The number of aromatic nitrogens is 2. The molecule has 1 aromatic heterocycles. The van der Waals surface area contributed by atoms with E-state index < -0.39 is 0 Å². The molecule has 0 bridgehead atoms. The highest BCUT2D eigenvalue weighted by Crippen LogP contribution is 2.30. The second kappa shape index (κ2) is 5.65. The molecule has 1 aliphatic heterocycles. The van der Waals surface area contributed by atoms with Gasteiger partial charge in [-0.2, -0.15) is 5.10 Å². The fourth-order valence-corrected chi connectivity index (χ4v) is 3.22. The van der Waals surface area contributed by atoms with Gasteiger partial charge >= 0.3 is 0 Å². The predicted octanol–water partition coefficient (Wildman–Crippen LogP) is 2.24. The Hall–Kier alpha value is -2.43. The molecule has 0 radical (unpaired) electrons. The molecule has 1 atom stereocenters. The zero-order valence-corrected chi connectivity index (χ0v) is 14.0. The monoisotopic (exact) mass is 311 g/mol. The van der Waals surface area contributed by atoms with Crippen LogP contribution < -0.4 is 10.5 Å². The lowest BCUT2D eigenvalue weighted by Gasteiger charge is -2.33. The molecule has 0 saturated carbocycles. The van der Waals surface area contributed by atoms with Crippen LogP contribution in [0, 0.1) is 19.8 Å². The Kier molecular flexibility index (Phi) is 3.80. The normalized spacial score (nSPS) is 17.0. The Morgan fingerprint density at radius 1 is 1.26 bits per heavy atom. The van der Waals surface area contributed by atoms with E-state index in [0.29, 0.717) is 23.7 Å². The summed E-state index contributed by atoms with van der Waals surface area (Å²) < 4.78 is 1.24. The number of hydrogen-bond acceptors (Lipinski definition) is 3. The molecule has 2 heterocycles. The molecule has 0 saturated heterocycles. The van der Waals surface area contributed by atoms with Gasteiger partial charge in [0.1, 0.15) is 5.56 Å². The third-order valence-electron chi connectivity index (χ3n) is 4.53. The molecule has 120 valence electrons. The topological polar surface area (TPSA) is 55.2 Å². The van der Waals surface area contributed by atoms with Crippen molar-refractivity contribution in [1.29, 1.82) is 0 Å². The lowest BCUT2D eigenvalue weighted by atomic mass is 9.93. The van der Waals surface area contributed by atoms with Crippen molar-refractivity contribution in [3.8, 4) is 0 Å². The van der Waals surface area contributed by atoms with Crippen LogP contribution in [0.15, 0.2) is 29.1 Å². The number of benzene rings is 1. The number of carbonyl (C=O) groups excluding carboxylic acids is 1. The van der Waals surface area contributed by atoms with E-state index in [0.717, 1.165) is 17.7 Å². The zero-order valence-electron chi connectivity index (χ0n) is 14.0. The molecule has 0 N–H and O–H groups in total. The first-order chi connectivity index (χ1) is 10.9. The molecule has 0 aliphatic carbocycles. The fraction of sp³-hybridized carbons (Fsp3) is 0.389. The average Bonchev–Trinajstić information content (AvgIpc) is 2.52. The van der Waals surface area contributed by atoms with E-state index in [9.17, 15) is 9.59 Å². The van der Waals surface area contributed by atoms with Crippen LogP contribution in [0.1, 0.15) is 34.1 Å². The molecule has 0 unspecified atom stereocenters. The van der Waals surface area contributed by atoms with Gasteiger partial charge in [0.05, 0.1) is 5.69 Å². The fourth-order valence-electron chi connectivity index (χ4n) is 3.22. The summed E-state index contributed by atoms with van der Waals surface area (Å²) in [6.07, 6.45) is 0.951. The predicted molar refractivity (Wildman–Crippen MR) is 89.9 cm³/mol. The molecule has 5 nitrogen and oxygen atoms in total. The number of para-hydroxylation sites is 1. The zero-order chi connectivity index (χ0) is 16.7. The standard InChI is InChI=1S/C18H21N3O2/c1-11-9-14-7-5-6-8-15(14)21(10-11)18(23)16-12(2)13(3)19-20(4)17(16)22/h5-8,11H,9-10H2,1-4H3/t11-/m1/s1. The van der Waals surface area contributed by atoms with Crippen molar-refractivity contribution in [3.63, 3.8) is 0 Å². The van der Waals surface area contributed by atoms with Crippen molar-refractivity contribution in [2.45, 2.75) is 27.2 Å². The second-order valence-electron chi connectivity index (χ2n) is 6.37. The second-order valence-corrected chi connectivity index (χ2v) is 6.37. The van der Waals surface area contributed by atoms with Crippen molar-refractivity contribution in [3.05, 3.63) is 57.0 Å². The van der Waals surface area contributed by atoms with E-state index in [2.05, 4.69) is 12.0 Å². The summed E-state index contributed by atoms with van der Waals surface area (Å²) in [6.45, 7) is 6.35. The number of carbonyl (C=O) groups is 1. The van der Waals surface area contributed by atoms with Crippen LogP contribution in [-0.2, 0) is 13.5 Å². The van der Waals surface area contributed by atoms with E-state index in [4.69, 9.17) is 0 Å². The molecule has 2 aromatic rings. The van der Waals surface area contributed by atoms with Crippen molar-refractivity contribution < 1.29 is 4.79 Å². The summed E-state index contributed by atoms with van der Waals surface area (Å²) >= 11 is 0. The molecule has 3 rings (SSSR count). The van der Waals surface area contributed by atoms with Crippen molar-refractivity contribution in [2.75, 3.05) is 11.4 Å². The van der Waals surface area contributed by atoms with E-state index in [1.165, 1.54) is 4.68 Å². The summed E-state index contributed by atoms with van der Waals surface area (Å²) in [6, 6.07) is 7.92. The van der Waals surface area contributed by atoms with Gasteiger partial charge in [-0.05, 0) is 43.4 Å². The van der Waals surface area contributed by atoms with Crippen LogP contribution in [0.5, 0.6) is 0 Å². The number of rotatable bonds is 1. The first-order valence-corrected chi connectivity index (χ1v) is 7.84. The summed E-state index contributed by atoms with van der Waals surface area (Å²) in [5, 5.41) is 4.15. The van der Waals surface area contributed by atoms with Crippen LogP contribution in [0.25, 0.3) is 0 Å². The van der Waals surface area contributed by atoms with Crippen LogP contribution >= 0.6 is 0 Å². The lowest BCUT2D eigenvalue weighted by Crippen LogP contribution is -2.43. The van der Waals surface area contributed by atoms with Crippen LogP contribution in [0.4, 0.5) is 5.69 Å². The number of anilines is 1. The minimum absolute atomic E-state index is 0.226. The minimum atomic E-state index is -0.339.